The summed E-state index contributed by atoms with van der Waals surface area (Å²) in [5.74, 6) is 0.116. The number of aryl methyl sites for hydroxylation is 1. The van der Waals surface area contributed by atoms with Crippen LogP contribution in [0.4, 0.5) is 0 Å². The Hall–Kier alpha value is -1.62. The van der Waals surface area contributed by atoms with E-state index in [1.165, 1.54) is 6.07 Å². The minimum absolute atomic E-state index is 0.0780. The number of hydrogen-bond acceptors (Lipinski definition) is 3. The van der Waals surface area contributed by atoms with Gasteiger partial charge in [-0.15, -0.1) is 0 Å². The molecule has 3 unspecified atom stereocenters. The maximum atomic E-state index is 12.7. The van der Waals surface area contributed by atoms with E-state index < -0.39 is 0 Å². The number of hydrogen-bond donors (Lipinski definition) is 2. The fraction of sp³-hybridized carbons (Fsp3) is 0.625. The van der Waals surface area contributed by atoms with Crippen molar-refractivity contribution in [3.05, 3.63) is 33.7 Å². The van der Waals surface area contributed by atoms with Gasteiger partial charge in [0.1, 0.15) is 0 Å². The number of nitrogens with zero attached hydrogens (tertiary/aromatic N) is 1. The number of aliphatic hydroxyl groups excluding tert-OH is 1. The number of amides is 1. The fourth-order valence-corrected chi connectivity index (χ4v) is 3.88. The van der Waals surface area contributed by atoms with Crippen LogP contribution in [-0.2, 0) is 0 Å². The molecule has 0 bridgehead atoms. The predicted molar refractivity (Wildman–Crippen MR) is 79.2 cm³/mol. The lowest BCUT2D eigenvalue weighted by Crippen LogP contribution is -2.42. The molecule has 3 atom stereocenters. The molecule has 0 aromatic carbocycles. The Kier molecular flexibility index (Phi) is 3.85. The molecule has 2 aliphatic rings. The van der Waals surface area contributed by atoms with Gasteiger partial charge in [0.15, 0.2) is 0 Å². The third-order valence-electron chi connectivity index (χ3n) is 4.81. The van der Waals surface area contributed by atoms with Gasteiger partial charge in [0, 0.05) is 35.8 Å². The van der Waals surface area contributed by atoms with E-state index in [9.17, 15) is 14.7 Å². The number of aromatic nitrogens is 1. The van der Waals surface area contributed by atoms with Crippen LogP contribution < -0.4 is 5.56 Å². The maximum Gasteiger partial charge on any atom is 0.254 e. The molecule has 5 heteroatoms. The molecule has 5 nitrogen and oxygen atoms in total. The van der Waals surface area contributed by atoms with Gasteiger partial charge in [0.25, 0.3) is 5.91 Å². The van der Waals surface area contributed by atoms with Crippen molar-refractivity contribution in [3.8, 4) is 0 Å². The van der Waals surface area contributed by atoms with E-state index in [2.05, 4.69) is 4.98 Å². The van der Waals surface area contributed by atoms with Crippen molar-refractivity contribution < 1.29 is 9.90 Å². The first-order valence-corrected chi connectivity index (χ1v) is 7.76. The molecule has 21 heavy (non-hydrogen) atoms. The van der Waals surface area contributed by atoms with Crippen molar-refractivity contribution in [1.29, 1.82) is 0 Å². The molecule has 2 N–H and O–H groups in total. The second-order valence-corrected chi connectivity index (χ2v) is 6.29. The standard InChI is InChI=1S/C16H22N2O3/c1-10-8-11(9-15(20)17-10)16(21)18-7-3-5-13(18)12-4-2-6-14(12)19/h8-9,12-14,19H,2-7H2,1H3,(H,17,20). The van der Waals surface area contributed by atoms with Gasteiger partial charge >= 0.3 is 0 Å². The molecule has 1 aromatic rings. The molecule has 0 spiro atoms. The first-order valence-electron chi connectivity index (χ1n) is 7.76. The average Bonchev–Trinajstić information content (AvgIpc) is 3.04. The number of pyridine rings is 1. The largest absolute Gasteiger partial charge is 0.393 e. The third kappa shape index (κ3) is 2.75. The Bertz CT molecular complexity index is 595. The van der Waals surface area contributed by atoms with Crippen molar-refractivity contribution in [2.24, 2.45) is 5.92 Å². The van der Waals surface area contributed by atoms with E-state index in [1.54, 1.807) is 13.0 Å². The SMILES string of the molecule is Cc1cc(C(=O)N2CCCC2C2CCCC2O)cc(=O)[nH]1. The zero-order valence-corrected chi connectivity index (χ0v) is 12.3. The number of carbonyl (C=O) groups is 1. The highest BCUT2D eigenvalue weighted by molar-refractivity contribution is 5.94. The maximum absolute atomic E-state index is 12.7. The smallest absolute Gasteiger partial charge is 0.254 e. The van der Waals surface area contributed by atoms with Crippen LogP contribution in [0, 0.1) is 12.8 Å². The van der Waals surface area contributed by atoms with Crippen LogP contribution in [0.5, 0.6) is 0 Å². The van der Waals surface area contributed by atoms with E-state index in [-0.39, 0.29) is 29.5 Å². The molecule has 1 saturated heterocycles. The fourth-order valence-electron chi connectivity index (χ4n) is 3.88. The summed E-state index contributed by atoms with van der Waals surface area (Å²) in [6.07, 6.45) is 4.51. The predicted octanol–water partition coefficient (Wildman–Crippen LogP) is 1.45. The van der Waals surface area contributed by atoms with Crippen LogP contribution in [0.2, 0.25) is 0 Å². The first kappa shape index (κ1) is 14.3. The second-order valence-electron chi connectivity index (χ2n) is 6.29. The zero-order chi connectivity index (χ0) is 15.0. The van der Waals surface area contributed by atoms with Gasteiger partial charge in [0.05, 0.1) is 6.10 Å². The highest BCUT2D eigenvalue weighted by Crippen LogP contribution is 2.36. The molecule has 1 saturated carbocycles. The van der Waals surface area contributed by atoms with Crippen LogP contribution in [0.1, 0.15) is 48.2 Å². The Morgan fingerprint density at radius 1 is 1.29 bits per heavy atom. The quantitative estimate of drug-likeness (QED) is 0.866. The number of rotatable bonds is 2. The van der Waals surface area contributed by atoms with Gasteiger partial charge in [0.2, 0.25) is 5.56 Å². The lowest BCUT2D eigenvalue weighted by atomic mass is 9.93. The number of likely N-dealkylation sites (tertiary alicyclic amines) is 1. The second kappa shape index (κ2) is 5.64. The highest BCUT2D eigenvalue weighted by atomic mass is 16.3. The van der Waals surface area contributed by atoms with Crippen molar-refractivity contribution in [1.82, 2.24) is 9.88 Å². The molecule has 3 rings (SSSR count). The van der Waals surface area contributed by atoms with Crippen molar-refractivity contribution >= 4 is 5.91 Å². The number of aliphatic hydroxyl groups is 1. The normalized spacial score (nSPS) is 29.0. The van der Waals surface area contributed by atoms with E-state index in [0.29, 0.717) is 11.3 Å². The Balaban J connectivity index is 1.84. The number of nitrogens with one attached hydrogen (secondary N) is 1. The molecule has 1 aliphatic carbocycles. The lowest BCUT2D eigenvalue weighted by molar-refractivity contribution is 0.0527. The van der Waals surface area contributed by atoms with Crippen LogP contribution in [0.3, 0.4) is 0 Å². The number of carbonyl (C=O) groups excluding carboxylic acids is 1. The lowest BCUT2D eigenvalue weighted by Gasteiger charge is -2.31. The number of aromatic amines is 1. The zero-order valence-electron chi connectivity index (χ0n) is 12.3. The summed E-state index contributed by atoms with van der Waals surface area (Å²) in [5, 5.41) is 10.1. The van der Waals surface area contributed by atoms with Gasteiger partial charge in [-0.3, -0.25) is 9.59 Å². The van der Waals surface area contributed by atoms with Crippen molar-refractivity contribution in [3.63, 3.8) is 0 Å². The summed E-state index contributed by atoms with van der Waals surface area (Å²) in [5.41, 5.74) is 0.910. The van der Waals surface area contributed by atoms with Gasteiger partial charge in [-0.1, -0.05) is 6.42 Å². The van der Waals surface area contributed by atoms with Crippen molar-refractivity contribution in [2.45, 2.75) is 51.2 Å². The Labute approximate surface area is 124 Å². The summed E-state index contributed by atoms with van der Waals surface area (Å²) < 4.78 is 0. The molecule has 1 amide bonds. The summed E-state index contributed by atoms with van der Waals surface area (Å²) >= 11 is 0. The highest BCUT2D eigenvalue weighted by Gasteiger charge is 2.40. The van der Waals surface area contributed by atoms with Crippen LogP contribution in [0.15, 0.2) is 16.9 Å². The van der Waals surface area contributed by atoms with E-state index in [1.807, 2.05) is 4.90 Å². The Morgan fingerprint density at radius 3 is 2.76 bits per heavy atom. The summed E-state index contributed by atoms with van der Waals surface area (Å²) in [6, 6.07) is 3.22. The van der Waals surface area contributed by atoms with Crippen LogP contribution >= 0.6 is 0 Å². The molecule has 0 radical (unpaired) electrons. The van der Waals surface area contributed by atoms with E-state index in [0.717, 1.165) is 38.6 Å². The van der Waals surface area contributed by atoms with Gasteiger partial charge in [-0.2, -0.15) is 0 Å². The molecular formula is C16H22N2O3. The first-order chi connectivity index (χ1) is 10.1. The molecule has 2 heterocycles. The minimum Gasteiger partial charge on any atom is -0.393 e. The average molecular weight is 290 g/mol. The summed E-state index contributed by atoms with van der Waals surface area (Å²) in [4.78, 5) is 28.8. The van der Waals surface area contributed by atoms with Crippen LogP contribution in [0.25, 0.3) is 0 Å². The summed E-state index contributed by atoms with van der Waals surface area (Å²) in [7, 11) is 0. The minimum atomic E-state index is -0.288. The van der Waals surface area contributed by atoms with Crippen molar-refractivity contribution in [2.75, 3.05) is 6.54 Å². The Morgan fingerprint density at radius 2 is 2.10 bits per heavy atom. The van der Waals surface area contributed by atoms with Gasteiger partial charge in [-0.05, 0) is 38.7 Å². The molecule has 114 valence electrons. The van der Waals surface area contributed by atoms with Gasteiger partial charge < -0.3 is 15.0 Å². The van der Waals surface area contributed by atoms with Gasteiger partial charge in [-0.25, -0.2) is 0 Å². The molecule has 1 aliphatic heterocycles. The van der Waals surface area contributed by atoms with E-state index in [4.69, 9.17) is 0 Å². The van der Waals surface area contributed by atoms with Crippen LogP contribution in [-0.4, -0.2) is 39.6 Å². The van der Waals surface area contributed by atoms with E-state index >= 15 is 0 Å². The topological polar surface area (TPSA) is 73.4 Å². The molecular weight excluding hydrogens is 268 g/mol. The monoisotopic (exact) mass is 290 g/mol. The number of H-pyrrole nitrogens is 1. The molecule has 1 aromatic heterocycles. The third-order valence-corrected chi connectivity index (χ3v) is 4.81. The molecule has 2 fully saturated rings. The summed E-state index contributed by atoms with van der Waals surface area (Å²) in [6.45, 7) is 2.50.